The molecule has 2 N–H and O–H groups in total. The molecule has 118 valence electrons. The van der Waals surface area contributed by atoms with Crippen molar-refractivity contribution in [1.82, 2.24) is 15.6 Å². The van der Waals surface area contributed by atoms with E-state index >= 15 is 0 Å². The van der Waals surface area contributed by atoms with Crippen LogP contribution in [0.25, 0.3) is 0 Å². The van der Waals surface area contributed by atoms with E-state index in [4.69, 9.17) is 4.74 Å². The van der Waals surface area contributed by atoms with Crippen LogP contribution < -0.4 is 15.4 Å². The number of nitrogens with zero attached hydrogens (tertiary/aromatic N) is 1. The first-order valence-corrected chi connectivity index (χ1v) is 8.12. The van der Waals surface area contributed by atoms with E-state index in [2.05, 4.69) is 15.6 Å². The predicted octanol–water partition coefficient (Wildman–Crippen LogP) is 3.49. The van der Waals surface area contributed by atoms with E-state index in [-0.39, 0.29) is 18.2 Å². The van der Waals surface area contributed by atoms with E-state index < -0.39 is 0 Å². The molecule has 22 heavy (non-hydrogen) atoms. The van der Waals surface area contributed by atoms with Gasteiger partial charge in [0, 0.05) is 23.2 Å². The standard InChI is InChI=1S/C16H21N3O2S/c1-11(2)21-15-13(6-4-8-17-15)10-18-16(20)19-12(3)14-7-5-9-22-14/h4-9,11-12H,10H2,1-3H3,(H2,18,19,20). The molecule has 0 saturated heterocycles. The van der Waals surface area contributed by atoms with Crippen LogP contribution in [0.3, 0.4) is 0 Å². The molecule has 0 aliphatic rings. The molecular formula is C16H21N3O2S. The van der Waals surface area contributed by atoms with Crippen molar-refractivity contribution in [2.45, 2.75) is 39.5 Å². The average Bonchev–Trinajstić information content (AvgIpc) is 3.00. The Morgan fingerprint density at radius 1 is 1.32 bits per heavy atom. The Bertz CT molecular complexity index is 599. The van der Waals surface area contributed by atoms with Gasteiger partial charge in [-0.05, 0) is 38.3 Å². The largest absolute Gasteiger partial charge is 0.475 e. The number of pyridine rings is 1. The smallest absolute Gasteiger partial charge is 0.315 e. The van der Waals surface area contributed by atoms with Gasteiger partial charge in [-0.2, -0.15) is 0 Å². The predicted molar refractivity (Wildman–Crippen MR) is 88.1 cm³/mol. The molecule has 1 atom stereocenters. The highest BCUT2D eigenvalue weighted by atomic mass is 32.1. The SMILES string of the molecule is CC(C)Oc1ncccc1CNC(=O)NC(C)c1cccs1. The van der Waals surface area contributed by atoms with E-state index in [1.807, 2.05) is 50.4 Å². The molecule has 0 saturated carbocycles. The van der Waals surface area contributed by atoms with Gasteiger partial charge >= 0.3 is 6.03 Å². The summed E-state index contributed by atoms with van der Waals surface area (Å²) in [4.78, 5) is 17.3. The second kappa shape index (κ2) is 7.79. The zero-order valence-electron chi connectivity index (χ0n) is 13.0. The van der Waals surface area contributed by atoms with Crippen LogP contribution in [-0.4, -0.2) is 17.1 Å². The summed E-state index contributed by atoms with van der Waals surface area (Å²) in [7, 11) is 0. The first-order valence-electron chi connectivity index (χ1n) is 7.24. The maximum absolute atomic E-state index is 12.0. The van der Waals surface area contributed by atoms with E-state index in [0.29, 0.717) is 12.4 Å². The Hall–Kier alpha value is -2.08. The number of rotatable bonds is 6. The number of thiophene rings is 1. The number of carbonyl (C=O) groups is 1. The molecule has 5 nitrogen and oxygen atoms in total. The van der Waals surface area contributed by atoms with Crippen molar-refractivity contribution in [2.75, 3.05) is 0 Å². The Labute approximate surface area is 134 Å². The van der Waals surface area contributed by atoms with Crippen LogP contribution in [0.15, 0.2) is 35.8 Å². The van der Waals surface area contributed by atoms with Crippen molar-refractivity contribution in [3.05, 3.63) is 46.3 Å². The summed E-state index contributed by atoms with van der Waals surface area (Å²) in [6.07, 6.45) is 1.72. The Morgan fingerprint density at radius 2 is 2.14 bits per heavy atom. The Morgan fingerprint density at radius 3 is 2.82 bits per heavy atom. The molecule has 2 heterocycles. The molecule has 0 aliphatic carbocycles. The lowest BCUT2D eigenvalue weighted by atomic mass is 10.2. The van der Waals surface area contributed by atoms with Gasteiger partial charge in [0.2, 0.25) is 5.88 Å². The summed E-state index contributed by atoms with van der Waals surface area (Å²) in [6, 6.07) is 7.48. The highest BCUT2D eigenvalue weighted by Gasteiger charge is 2.11. The van der Waals surface area contributed by atoms with Crippen molar-refractivity contribution in [3.63, 3.8) is 0 Å². The summed E-state index contributed by atoms with van der Waals surface area (Å²) >= 11 is 1.62. The van der Waals surface area contributed by atoms with Gasteiger partial charge < -0.3 is 15.4 Å². The zero-order chi connectivity index (χ0) is 15.9. The molecule has 0 aromatic carbocycles. The molecule has 2 amide bonds. The van der Waals surface area contributed by atoms with Gasteiger partial charge in [-0.3, -0.25) is 0 Å². The third kappa shape index (κ3) is 4.73. The highest BCUT2D eigenvalue weighted by Crippen LogP contribution is 2.18. The summed E-state index contributed by atoms with van der Waals surface area (Å²) in [5.74, 6) is 0.559. The quantitative estimate of drug-likeness (QED) is 0.856. The molecule has 0 fully saturated rings. The number of aromatic nitrogens is 1. The van der Waals surface area contributed by atoms with Crippen LogP contribution in [0.1, 0.15) is 37.3 Å². The Kier molecular flexibility index (Phi) is 5.77. The van der Waals surface area contributed by atoms with Crippen molar-refractivity contribution < 1.29 is 9.53 Å². The number of carbonyl (C=O) groups excluding carboxylic acids is 1. The average molecular weight is 319 g/mol. The number of hydrogen-bond acceptors (Lipinski definition) is 4. The maximum Gasteiger partial charge on any atom is 0.315 e. The fourth-order valence-electron chi connectivity index (χ4n) is 1.92. The summed E-state index contributed by atoms with van der Waals surface area (Å²) in [6.45, 7) is 6.23. The minimum Gasteiger partial charge on any atom is -0.475 e. The van der Waals surface area contributed by atoms with Gasteiger partial charge in [-0.25, -0.2) is 9.78 Å². The van der Waals surface area contributed by atoms with Gasteiger partial charge in [-0.1, -0.05) is 12.1 Å². The van der Waals surface area contributed by atoms with Crippen LogP contribution >= 0.6 is 11.3 Å². The van der Waals surface area contributed by atoms with Gasteiger partial charge in [0.05, 0.1) is 12.1 Å². The third-order valence-electron chi connectivity index (χ3n) is 2.95. The molecule has 2 rings (SSSR count). The summed E-state index contributed by atoms with van der Waals surface area (Å²) in [5.41, 5.74) is 0.857. The fraction of sp³-hybridized carbons (Fsp3) is 0.375. The molecule has 0 aliphatic heterocycles. The molecule has 0 bridgehead atoms. The molecule has 2 aromatic heterocycles. The summed E-state index contributed by atoms with van der Waals surface area (Å²) < 4.78 is 5.64. The van der Waals surface area contributed by atoms with Crippen LogP contribution in [0.4, 0.5) is 4.79 Å². The van der Waals surface area contributed by atoms with Crippen LogP contribution in [-0.2, 0) is 6.54 Å². The summed E-state index contributed by atoms with van der Waals surface area (Å²) in [5, 5.41) is 7.75. The minimum absolute atomic E-state index is 0.0136. The third-order valence-corrected chi connectivity index (χ3v) is 4.01. The molecular weight excluding hydrogens is 298 g/mol. The fourth-order valence-corrected chi connectivity index (χ4v) is 2.65. The van der Waals surface area contributed by atoms with Crippen molar-refractivity contribution in [1.29, 1.82) is 0 Å². The number of nitrogens with one attached hydrogen (secondary N) is 2. The van der Waals surface area contributed by atoms with Crippen molar-refractivity contribution in [2.24, 2.45) is 0 Å². The van der Waals surface area contributed by atoms with Gasteiger partial charge in [-0.15, -0.1) is 11.3 Å². The van der Waals surface area contributed by atoms with Gasteiger partial charge in [0.1, 0.15) is 0 Å². The lowest BCUT2D eigenvalue weighted by Crippen LogP contribution is -2.36. The van der Waals surface area contributed by atoms with Crippen molar-refractivity contribution >= 4 is 17.4 Å². The number of amides is 2. The number of hydrogen-bond donors (Lipinski definition) is 2. The van der Waals surface area contributed by atoms with Crippen LogP contribution in [0, 0.1) is 0 Å². The first kappa shape index (κ1) is 16.3. The number of ether oxygens (including phenoxy) is 1. The van der Waals surface area contributed by atoms with E-state index in [1.54, 1.807) is 17.5 Å². The van der Waals surface area contributed by atoms with Crippen LogP contribution in [0.2, 0.25) is 0 Å². The van der Waals surface area contributed by atoms with E-state index in [9.17, 15) is 4.79 Å². The molecule has 0 radical (unpaired) electrons. The van der Waals surface area contributed by atoms with Crippen molar-refractivity contribution in [3.8, 4) is 5.88 Å². The number of urea groups is 1. The van der Waals surface area contributed by atoms with Crippen LogP contribution in [0.5, 0.6) is 5.88 Å². The molecule has 6 heteroatoms. The lowest BCUT2D eigenvalue weighted by molar-refractivity contribution is 0.228. The molecule has 0 spiro atoms. The first-order chi connectivity index (χ1) is 10.6. The van der Waals surface area contributed by atoms with Gasteiger partial charge in [0.25, 0.3) is 0 Å². The second-order valence-electron chi connectivity index (χ2n) is 5.20. The topological polar surface area (TPSA) is 63.2 Å². The normalized spacial score (nSPS) is 12.0. The van der Waals surface area contributed by atoms with E-state index in [0.717, 1.165) is 10.4 Å². The minimum atomic E-state index is -0.208. The second-order valence-corrected chi connectivity index (χ2v) is 6.18. The Balaban J connectivity index is 1.88. The van der Waals surface area contributed by atoms with E-state index in [1.165, 1.54) is 0 Å². The molecule has 1 unspecified atom stereocenters. The maximum atomic E-state index is 12.0. The monoisotopic (exact) mass is 319 g/mol. The zero-order valence-corrected chi connectivity index (χ0v) is 13.8. The van der Waals surface area contributed by atoms with Gasteiger partial charge in [0.15, 0.2) is 0 Å². The lowest BCUT2D eigenvalue weighted by Gasteiger charge is -2.15. The highest BCUT2D eigenvalue weighted by molar-refractivity contribution is 7.10. The molecule has 2 aromatic rings.